The SMILES string of the molecule is CCNC(CCc1ccc(C)cc1)c1cncc(OC)c1. The van der Waals surface area contributed by atoms with Gasteiger partial charge >= 0.3 is 0 Å². The van der Waals surface area contributed by atoms with E-state index in [9.17, 15) is 0 Å². The van der Waals surface area contributed by atoms with Crippen LogP contribution in [0.3, 0.4) is 0 Å². The van der Waals surface area contributed by atoms with Crippen molar-refractivity contribution in [2.24, 2.45) is 0 Å². The number of benzene rings is 1. The zero-order valence-corrected chi connectivity index (χ0v) is 13.1. The topological polar surface area (TPSA) is 34.2 Å². The minimum Gasteiger partial charge on any atom is -0.495 e. The van der Waals surface area contributed by atoms with Gasteiger partial charge in [-0.05, 0) is 43.5 Å². The average Bonchev–Trinajstić information content (AvgIpc) is 2.53. The number of rotatable bonds is 7. The molecule has 0 fully saturated rings. The summed E-state index contributed by atoms with van der Waals surface area (Å²) in [5.41, 5.74) is 3.86. The molecule has 0 aliphatic rings. The lowest BCUT2D eigenvalue weighted by atomic mass is 9.99. The van der Waals surface area contributed by atoms with Crippen LogP contribution >= 0.6 is 0 Å². The first kappa shape index (κ1) is 15.5. The maximum Gasteiger partial charge on any atom is 0.137 e. The fourth-order valence-corrected chi connectivity index (χ4v) is 2.44. The van der Waals surface area contributed by atoms with Gasteiger partial charge in [-0.1, -0.05) is 36.8 Å². The van der Waals surface area contributed by atoms with Crippen molar-refractivity contribution in [3.63, 3.8) is 0 Å². The molecule has 0 aliphatic heterocycles. The molecule has 0 radical (unpaired) electrons. The number of hydrogen-bond donors (Lipinski definition) is 1. The third kappa shape index (κ3) is 4.57. The van der Waals surface area contributed by atoms with Gasteiger partial charge in [-0.25, -0.2) is 0 Å². The van der Waals surface area contributed by atoms with E-state index in [0.717, 1.165) is 25.1 Å². The van der Waals surface area contributed by atoms with Crippen molar-refractivity contribution < 1.29 is 4.74 Å². The van der Waals surface area contributed by atoms with Crippen molar-refractivity contribution in [2.75, 3.05) is 13.7 Å². The number of aromatic nitrogens is 1. The minimum atomic E-state index is 0.305. The molecule has 1 aromatic heterocycles. The van der Waals surface area contributed by atoms with E-state index in [1.54, 1.807) is 13.3 Å². The monoisotopic (exact) mass is 284 g/mol. The molecular formula is C18H24N2O. The van der Waals surface area contributed by atoms with Crippen molar-refractivity contribution in [3.8, 4) is 5.75 Å². The Kier molecular flexibility index (Phi) is 5.76. The number of ether oxygens (including phenoxy) is 1. The van der Waals surface area contributed by atoms with Crippen LogP contribution in [-0.2, 0) is 6.42 Å². The van der Waals surface area contributed by atoms with Gasteiger partial charge in [-0.3, -0.25) is 4.98 Å². The summed E-state index contributed by atoms with van der Waals surface area (Å²) in [7, 11) is 1.68. The Morgan fingerprint density at radius 3 is 2.62 bits per heavy atom. The lowest BCUT2D eigenvalue weighted by Gasteiger charge is -2.18. The van der Waals surface area contributed by atoms with Crippen LogP contribution in [0.2, 0.25) is 0 Å². The van der Waals surface area contributed by atoms with Gasteiger partial charge in [0.15, 0.2) is 0 Å². The number of nitrogens with one attached hydrogen (secondary N) is 1. The van der Waals surface area contributed by atoms with Gasteiger partial charge < -0.3 is 10.1 Å². The van der Waals surface area contributed by atoms with Gasteiger partial charge in [0.2, 0.25) is 0 Å². The summed E-state index contributed by atoms with van der Waals surface area (Å²) in [5, 5.41) is 3.54. The van der Waals surface area contributed by atoms with E-state index < -0.39 is 0 Å². The number of hydrogen-bond acceptors (Lipinski definition) is 3. The van der Waals surface area contributed by atoms with Gasteiger partial charge in [0.25, 0.3) is 0 Å². The average molecular weight is 284 g/mol. The summed E-state index contributed by atoms with van der Waals surface area (Å²) in [6.07, 6.45) is 5.76. The van der Waals surface area contributed by atoms with Gasteiger partial charge in [-0.15, -0.1) is 0 Å². The molecule has 1 unspecified atom stereocenters. The summed E-state index contributed by atoms with van der Waals surface area (Å²) in [4.78, 5) is 4.26. The van der Waals surface area contributed by atoms with Crippen LogP contribution in [0, 0.1) is 6.92 Å². The van der Waals surface area contributed by atoms with Gasteiger partial charge in [0, 0.05) is 12.2 Å². The predicted molar refractivity (Wildman–Crippen MR) is 86.7 cm³/mol. The maximum absolute atomic E-state index is 5.27. The Bertz CT molecular complexity index is 551. The normalized spacial score (nSPS) is 12.1. The number of pyridine rings is 1. The van der Waals surface area contributed by atoms with Crippen molar-refractivity contribution in [1.29, 1.82) is 0 Å². The standard InChI is InChI=1S/C18H24N2O/c1-4-20-18(16-11-17(21-3)13-19-12-16)10-9-15-7-5-14(2)6-8-15/h5-8,11-13,18,20H,4,9-10H2,1-3H3. The van der Waals surface area contributed by atoms with Crippen molar-refractivity contribution in [2.45, 2.75) is 32.7 Å². The van der Waals surface area contributed by atoms with Crippen LogP contribution in [0.1, 0.15) is 36.1 Å². The molecule has 1 heterocycles. The van der Waals surface area contributed by atoms with Crippen molar-refractivity contribution >= 4 is 0 Å². The molecule has 3 nitrogen and oxygen atoms in total. The second kappa shape index (κ2) is 7.79. The highest BCUT2D eigenvalue weighted by Crippen LogP contribution is 2.22. The molecule has 2 rings (SSSR count). The highest BCUT2D eigenvalue weighted by Gasteiger charge is 2.11. The third-order valence-electron chi connectivity index (χ3n) is 3.67. The highest BCUT2D eigenvalue weighted by atomic mass is 16.5. The zero-order chi connectivity index (χ0) is 15.1. The summed E-state index contributed by atoms with van der Waals surface area (Å²) in [6.45, 7) is 5.19. The van der Waals surface area contributed by atoms with Gasteiger partial charge in [0.05, 0.1) is 13.3 Å². The number of nitrogens with zero attached hydrogens (tertiary/aromatic N) is 1. The Morgan fingerprint density at radius 2 is 1.95 bits per heavy atom. The van der Waals surface area contributed by atoms with Gasteiger partial charge in [-0.2, -0.15) is 0 Å². The lowest BCUT2D eigenvalue weighted by molar-refractivity contribution is 0.410. The largest absolute Gasteiger partial charge is 0.495 e. The van der Waals surface area contributed by atoms with Crippen LogP contribution in [0.5, 0.6) is 5.75 Å². The summed E-state index contributed by atoms with van der Waals surface area (Å²) in [6, 6.07) is 11.1. The molecule has 0 spiro atoms. The number of aryl methyl sites for hydroxylation is 2. The molecule has 0 bridgehead atoms. The first-order chi connectivity index (χ1) is 10.2. The van der Waals surface area contributed by atoms with E-state index in [-0.39, 0.29) is 0 Å². The molecule has 1 aromatic carbocycles. The smallest absolute Gasteiger partial charge is 0.137 e. The fraction of sp³-hybridized carbons (Fsp3) is 0.389. The van der Waals surface area contributed by atoms with E-state index in [1.165, 1.54) is 16.7 Å². The molecule has 0 saturated carbocycles. The van der Waals surface area contributed by atoms with Crippen LogP contribution in [0.4, 0.5) is 0 Å². The van der Waals surface area contributed by atoms with Crippen LogP contribution < -0.4 is 10.1 Å². The molecule has 0 saturated heterocycles. The second-order valence-corrected chi connectivity index (χ2v) is 5.29. The molecule has 1 atom stereocenters. The van der Waals surface area contributed by atoms with Crippen molar-refractivity contribution in [3.05, 3.63) is 59.4 Å². The molecule has 2 aromatic rings. The summed E-state index contributed by atoms with van der Waals surface area (Å²) < 4.78 is 5.27. The zero-order valence-electron chi connectivity index (χ0n) is 13.1. The molecule has 0 aliphatic carbocycles. The molecular weight excluding hydrogens is 260 g/mol. The Hall–Kier alpha value is -1.87. The summed E-state index contributed by atoms with van der Waals surface area (Å²) >= 11 is 0. The van der Waals surface area contributed by atoms with E-state index >= 15 is 0 Å². The molecule has 1 N–H and O–H groups in total. The first-order valence-corrected chi connectivity index (χ1v) is 7.50. The number of methoxy groups -OCH3 is 1. The highest BCUT2D eigenvalue weighted by molar-refractivity contribution is 5.27. The Morgan fingerprint density at radius 1 is 1.19 bits per heavy atom. The quantitative estimate of drug-likeness (QED) is 0.842. The molecule has 21 heavy (non-hydrogen) atoms. The van der Waals surface area contributed by atoms with E-state index in [1.807, 2.05) is 6.20 Å². The predicted octanol–water partition coefficient (Wildman–Crippen LogP) is 3.68. The van der Waals surface area contributed by atoms with E-state index in [2.05, 4.69) is 54.5 Å². The molecule has 0 amide bonds. The van der Waals surface area contributed by atoms with E-state index in [4.69, 9.17) is 4.74 Å². The van der Waals surface area contributed by atoms with Crippen LogP contribution in [0.25, 0.3) is 0 Å². The maximum atomic E-state index is 5.27. The third-order valence-corrected chi connectivity index (χ3v) is 3.67. The second-order valence-electron chi connectivity index (χ2n) is 5.29. The van der Waals surface area contributed by atoms with Crippen LogP contribution in [-0.4, -0.2) is 18.6 Å². The fourth-order valence-electron chi connectivity index (χ4n) is 2.44. The van der Waals surface area contributed by atoms with E-state index in [0.29, 0.717) is 6.04 Å². The molecule has 112 valence electrons. The Balaban J connectivity index is 2.05. The first-order valence-electron chi connectivity index (χ1n) is 7.50. The van der Waals surface area contributed by atoms with Crippen LogP contribution in [0.15, 0.2) is 42.7 Å². The summed E-state index contributed by atoms with van der Waals surface area (Å²) in [5.74, 6) is 0.811. The Labute approximate surface area is 127 Å². The van der Waals surface area contributed by atoms with Gasteiger partial charge in [0.1, 0.15) is 5.75 Å². The van der Waals surface area contributed by atoms with Crippen molar-refractivity contribution in [1.82, 2.24) is 10.3 Å². The lowest BCUT2D eigenvalue weighted by Crippen LogP contribution is -2.21. The molecule has 3 heteroatoms. The minimum absolute atomic E-state index is 0.305.